The lowest BCUT2D eigenvalue weighted by molar-refractivity contribution is 0.0615. The highest BCUT2D eigenvalue weighted by Gasteiger charge is 2.15. The number of aliphatic hydroxyl groups excluding tert-OH is 1. The van der Waals surface area contributed by atoms with Crippen LogP contribution >= 0.6 is 28.3 Å². The molecule has 0 saturated carbocycles. The van der Waals surface area contributed by atoms with E-state index >= 15 is 0 Å². The van der Waals surface area contributed by atoms with Crippen LogP contribution in [0.2, 0.25) is 0 Å². The van der Waals surface area contributed by atoms with Crippen molar-refractivity contribution in [3.05, 3.63) is 28.7 Å². The van der Waals surface area contributed by atoms with E-state index in [0.29, 0.717) is 13.2 Å². The molecule has 1 fully saturated rings. The number of hydrogen-bond acceptors (Lipinski definition) is 3. The Hall–Kier alpha value is -0.290. The summed E-state index contributed by atoms with van der Waals surface area (Å²) in [5, 5.41) is 9.97. The topological polar surface area (TPSA) is 32.7 Å². The normalized spacial score (nSPS) is 17.6. The second-order valence-electron chi connectivity index (χ2n) is 4.76. The monoisotopic (exact) mass is 349 g/mol. The molecule has 1 unspecified atom stereocenters. The smallest absolute Gasteiger partial charge is 0.133 e. The highest BCUT2D eigenvalue weighted by Crippen LogP contribution is 2.23. The second kappa shape index (κ2) is 8.80. The summed E-state index contributed by atoms with van der Waals surface area (Å²) < 4.78 is 6.54. The molecule has 0 spiro atoms. The van der Waals surface area contributed by atoms with E-state index in [0.717, 1.165) is 23.3 Å². The van der Waals surface area contributed by atoms with Crippen LogP contribution in [-0.4, -0.2) is 42.4 Å². The highest BCUT2D eigenvalue weighted by atomic mass is 79.9. The average molecular weight is 351 g/mol. The molecule has 19 heavy (non-hydrogen) atoms. The third kappa shape index (κ3) is 5.69. The lowest BCUT2D eigenvalue weighted by Gasteiger charge is -2.28. The number of hydrogen-bond donors (Lipinski definition) is 1. The first-order chi connectivity index (χ1) is 8.75. The maximum atomic E-state index is 9.97. The Kier molecular flexibility index (Phi) is 7.76. The van der Waals surface area contributed by atoms with Crippen molar-refractivity contribution in [1.29, 1.82) is 0 Å². The first kappa shape index (κ1) is 16.8. The summed E-state index contributed by atoms with van der Waals surface area (Å²) in [6.07, 6.45) is 3.39. The molecule has 3 nitrogen and oxygen atoms in total. The first-order valence-corrected chi connectivity index (χ1v) is 7.33. The fraction of sp³-hybridized carbons (Fsp3) is 0.571. The molecule has 2 rings (SSSR count). The van der Waals surface area contributed by atoms with Gasteiger partial charge in [0.1, 0.15) is 18.5 Å². The van der Waals surface area contributed by atoms with E-state index in [4.69, 9.17) is 4.74 Å². The minimum absolute atomic E-state index is 0. The number of rotatable bonds is 5. The Balaban J connectivity index is 0.00000180. The van der Waals surface area contributed by atoms with Gasteiger partial charge in [-0.15, -0.1) is 12.4 Å². The van der Waals surface area contributed by atoms with Crippen molar-refractivity contribution in [2.75, 3.05) is 26.2 Å². The van der Waals surface area contributed by atoms with Gasteiger partial charge in [-0.25, -0.2) is 0 Å². The molecule has 0 bridgehead atoms. The molecule has 1 aromatic rings. The summed E-state index contributed by atoms with van der Waals surface area (Å²) in [4.78, 5) is 2.32. The minimum atomic E-state index is -0.421. The number of halogens is 2. The molecule has 5 heteroatoms. The number of para-hydroxylation sites is 1. The van der Waals surface area contributed by atoms with Gasteiger partial charge in [-0.1, -0.05) is 18.6 Å². The minimum Gasteiger partial charge on any atom is -0.490 e. The number of benzene rings is 1. The summed E-state index contributed by atoms with van der Waals surface area (Å²) in [5.74, 6) is 0.787. The van der Waals surface area contributed by atoms with Gasteiger partial charge in [0.2, 0.25) is 0 Å². The van der Waals surface area contributed by atoms with Crippen LogP contribution in [0, 0.1) is 0 Å². The summed E-state index contributed by atoms with van der Waals surface area (Å²) in [6.45, 7) is 3.27. The Morgan fingerprint density at radius 1 is 1.21 bits per heavy atom. The van der Waals surface area contributed by atoms with Gasteiger partial charge in [-0.3, -0.25) is 0 Å². The van der Waals surface area contributed by atoms with Crippen LogP contribution in [0.1, 0.15) is 19.3 Å². The second-order valence-corrected chi connectivity index (χ2v) is 5.61. The van der Waals surface area contributed by atoms with Gasteiger partial charge in [-0.2, -0.15) is 0 Å². The average Bonchev–Trinajstić information content (AvgIpc) is 2.39. The Morgan fingerprint density at radius 2 is 1.89 bits per heavy atom. The summed E-state index contributed by atoms with van der Waals surface area (Å²) >= 11 is 3.43. The summed E-state index contributed by atoms with van der Waals surface area (Å²) in [6, 6.07) is 7.71. The molecule has 0 aliphatic carbocycles. The molecular formula is C14H21BrClNO2. The Morgan fingerprint density at radius 3 is 2.58 bits per heavy atom. The number of ether oxygens (including phenoxy) is 1. The molecule has 1 aliphatic rings. The molecule has 108 valence electrons. The van der Waals surface area contributed by atoms with Crippen molar-refractivity contribution >= 4 is 28.3 Å². The zero-order valence-electron chi connectivity index (χ0n) is 10.9. The van der Waals surface area contributed by atoms with E-state index in [-0.39, 0.29) is 12.4 Å². The van der Waals surface area contributed by atoms with Crippen LogP contribution in [0.3, 0.4) is 0 Å². The van der Waals surface area contributed by atoms with Crippen LogP contribution in [0.15, 0.2) is 28.7 Å². The number of piperidine rings is 1. The van der Waals surface area contributed by atoms with Crippen LogP contribution in [0.5, 0.6) is 5.75 Å². The van der Waals surface area contributed by atoms with Crippen LogP contribution in [0.25, 0.3) is 0 Å². The van der Waals surface area contributed by atoms with Crippen LogP contribution in [-0.2, 0) is 0 Å². The fourth-order valence-electron chi connectivity index (χ4n) is 2.24. The van der Waals surface area contributed by atoms with E-state index in [1.807, 2.05) is 24.3 Å². The number of aliphatic hydroxyl groups is 1. The molecule has 0 aromatic heterocycles. The fourth-order valence-corrected chi connectivity index (χ4v) is 2.64. The standard InChI is InChI=1S/C14H20BrNO2.ClH/c15-13-6-2-3-7-14(13)18-11-12(17)10-16-8-4-1-5-9-16;/h2-3,6-7,12,17H,1,4-5,8-11H2;1H. The van der Waals surface area contributed by atoms with Crippen LogP contribution < -0.4 is 4.74 Å². The number of likely N-dealkylation sites (tertiary alicyclic amines) is 1. The predicted molar refractivity (Wildman–Crippen MR) is 83.2 cm³/mol. The maximum Gasteiger partial charge on any atom is 0.133 e. The predicted octanol–water partition coefficient (Wildman–Crippen LogP) is 3.10. The largest absolute Gasteiger partial charge is 0.490 e. The number of nitrogens with zero attached hydrogens (tertiary/aromatic N) is 1. The van der Waals surface area contributed by atoms with Crippen molar-refractivity contribution < 1.29 is 9.84 Å². The molecule has 0 radical (unpaired) electrons. The van der Waals surface area contributed by atoms with Gasteiger partial charge < -0.3 is 14.7 Å². The van der Waals surface area contributed by atoms with Crippen molar-refractivity contribution in [3.8, 4) is 5.75 Å². The third-order valence-corrected chi connectivity index (χ3v) is 3.84. The quantitative estimate of drug-likeness (QED) is 0.886. The molecule has 1 atom stereocenters. The molecule has 1 N–H and O–H groups in total. The third-order valence-electron chi connectivity index (χ3n) is 3.19. The van der Waals surface area contributed by atoms with Crippen molar-refractivity contribution in [3.63, 3.8) is 0 Å². The SMILES string of the molecule is Cl.OC(COc1ccccc1Br)CN1CCCCC1. The lowest BCUT2D eigenvalue weighted by atomic mass is 10.1. The zero-order chi connectivity index (χ0) is 12.8. The first-order valence-electron chi connectivity index (χ1n) is 6.53. The van der Waals surface area contributed by atoms with Crippen molar-refractivity contribution in [1.82, 2.24) is 4.90 Å². The van der Waals surface area contributed by atoms with E-state index in [1.165, 1.54) is 19.3 Å². The van der Waals surface area contributed by atoms with Crippen LogP contribution in [0.4, 0.5) is 0 Å². The Bertz CT molecular complexity index is 372. The lowest BCUT2D eigenvalue weighted by Crippen LogP contribution is -2.38. The van der Waals surface area contributed by atoms with Gasteiger partial charge in [0.05, 0.1) is 4.47 Å². The van der Waals surface area contributed by atoms with E-state index in [2.05, 4.69) is 20.8 Å². The van der Waals surface area contributed by atoms with Crippen molar-refractivity contribution in [2.24, 2.45) is 0 Å². The Labute approximate surface area is 129 Å². The highest BCUT2D eigenvalue weighted by molar-refractivity contribution is 9.10. The van der Waals surface area contributed by atoms with Gasteiger partial charge in [0, 0.05) is 6.54 Å². The van der Waals surface area contributed by atoms with E-state index in [1.54, 1.807) is 0 Å². The van der Waals surface area contributed by atoms with Gasteiger partial charge >= 0.3 is 0 Å². The summed E-state index contributed by atoms with van der Waals surface area (Å²) in [5.41, 5.74) is 0. The molecule has 1 aliphatic heterocycles. The molecular weight excluding hydrogens is 330 g/mol. The molecule has 1 aromatic carbocycles. The maximum absolute atomic E-state index is 9.97. The number of β-amino-alcohol motifs (C(OH)–C–C–N with tert-alkyl or cyclic N) is 1. The summed E-state index contributed by atoms with van der Waals surface area (Å²) in [7, 11) is 0. The van der Waals surface area contributed by atoms with Crippen molar-refractivity contribution in [2.45, 2.75) is 25.4 Å². The zero-order valence-corrected chi connectivity index (χ0v) is 13.3. The molecule has 0 amide bonds. The molecule has 1 heterocycles. The van der Waals surface area contributed by atoms with E-state index < -0.39 is 6.10 Å². The molecule has 1 saturated heterocycles. The van der Waals surface area contributed by atoms with Gasteiger partial charge in [-0.05, 0) is 54.0 Å². The van der Waals surface area contributed by atoms with E-state index in [9.17, 15) is 5.11 Å². The van der Waals surface area contributed by atoms with Gasteiger partial charge in [0.25, 0.3) is 0 Å². The van der Waals surface area contributed by atoms with Gasteiger partial charge in [0.15, 0.2) is 0 Å².